The van der Waals surface area contributed by atoms with Gasteiger partial charge in [-0.05, 0) is 5.56 Å². The van der Waals surface area contributed by atoms with Crippen molar-refractivity contribution in [2.75, 3.05) is 0 Å². The van der Waals surface area contributed by atoms with Gasteiger partial charge in [-0.3, -0.25) is 0 Å². The lowest BCUT2D eigenvalue weighted by Gasteiger charge is -2.04. The van der Waals surface area contributed by atoms with Gasteiger partial charge in [-0.1, -0.05) is 54.6 Å². The summed E-state index contributed by atoms with van der Waals surface area (Å²) in [5.41, 5.74) is 8.63. The van der Waals surface area contributed by atoms with E-state index < -0.39 is 0 Å². The Bertz CT molecular complexity index is 693. The Morgan fingerprint density at radius 2 is 1.35 bits per heavy atom. The molecule has 0 radical (unpaired) electrons. The van der Waals surface area contributed by atoms with Crippen LogP contribution in [0.25, 0.3) is 22.8 Å². The van der Waals surface area contributed by atoms with Gasteiger partial charge in [0, 0.05) is 17.7 Å². The van der Waals surface area contributed by atoms with Crippen molar-refractivity contribution >= 4 is 0 Å². The van der Waals surface area contributed by atoms with Crippen LogP contribution in [0.1, 0.15) is 5.56 Å². The maximum atomic E-state index is 5.60. The first-order valence-corrected chi connectivity index (χ1v) is 6.40. The van der Waals surface area contributed by atoms with Crippen LogP contribution in [0, 0.1) is 0 Å². The summed E-state index contributed by atoms with van der Waals surface area (Å²) in [5, 5.41) is 0. The van der Waals surface area contributed by atoms with Crippen molar-refractivity contribution in [1.82, 2.24) is 15.0 Å². The van der Waals surface area contributed by atoms with Crippen LogP contribution in [-0.4, -0.2) is 15.0 Å². The van der Waals surface area contributed by atoms with Gasteiger partial charge in [0.15, 0.2) is 11.6 Å². The van der Waals surface area contributed by atoms with Crippen LogP contribution in [0.15, 0.2) is 60.9 Å². The summed E-state index contributed by atoms with van der Waals surface area (Å²) in [6.07, 6.45) is 1.54. The molecule has 20 heavy (non-hydrogen) atoms. The van der Waals surface area contributed by atoms with Crippen LogP contribution in [0.5, 0.6) is 0 Å². The smallest absolute Gasteiger partial charge is 0.163 e. The molecule has 3 aromatic rings. The number of hydrogen-bond acceptors (Lipinski definition) is 4. The molecule has 0 fully saturated rings. The molecule has 4 nitrogen and oxygen atoms in total. The Morgan fingerprint density at radius 3 is 1.95 bits per heavy atom. The first-order valence-electron chi connectivity index (χ1n) is 6.40. The lowest BCUT2D eigenvalue weighted by Crippen LogP contribution is -1.97. The van der Waals surface area contributed by atoms with Crippen molar-refractivity contribution in [3.05, 3.63) is 66.5 Å². The zero-order valence-corrected chi connectivity index (χ0v) is 10.9. The zero-order valence-electron chi connectivity index (χ0n) is 10.9. The van der Waals surface area contributed by atoms with Crippen molar-refractivity contribution in [2.45, 2.75) is 6.54 Å². The van der Waals surface area contributed by atoms with E-state index in [0.717, 1.165) is 16.7 Å². The van der Waals surface area contributed by atoms with Gasteiger partial charge in [-0.15, -0.1) is 0 Å². The van der Waals surface area contributed by atoms with Crippen LogP contribution in [0.3, 0.4) is 0 Å². The quantitative estimate of drug-likeness (QED) is 0.788. The highest BCUT2D eigenvalue weighted by atomic mass is 15.0. The van der Waals surface area contributed by atoms with Crippen LogP contribution in [0.4, 0.5) is 0 Å². The van der Waals surface area contributed by atoms with E-state index >= 15 is 0 Å². The van der Waals surface area contributed by atoms with E-state index in [4.69, 9.17) is 5.73 Å². The second-order valence-electron chi connectivity index (χ2n) is 4.40. The standard InChI is InChI=1S/C16H14N4/c17-10-12-6-8-14(9-7-12)16-19-11-18-15(20-16)13-4-2-1-3-5-13/h1-9,11H,10,17H2. The number of rotatable bonds is 3. The molecule has 1 heterocycles. The summed E-state index contributed by atoms with van der Waals surface area (Å²) < 4.78 is 0. The Morgan fingerprint density at radius 1 is 0.750 bits per heavy atom. The van der Waals surface area contributed by atoms with Gasteiger partial charge in [0.05, 0.1) is 0 Å². The molecule has 2 N–H and O–H groups in total. The molecule has 1 aromatic heterocycles. The monoisotopic (exact) mass is 262 g/mol. The molecule has 0 bridgehead atoms. The second kappa shape index (κ2) is 5.59. The molecule has 2 aromatic carbocycles. The molecule has 0 amide bonds. The molecule has 98 valence electrons. The Labute approximate surface area is 117 Å². The van der Waals surface area contributed by atoms with Crippen molar-refractivity contribution in [3.8, 4) is 22.8 Å². The van der Waals surface area contributed by atoms with E-state index in [1.54, 1.807) is 6.33 Å². The van der Waals surface area contributed by atoms with Crippen molar-refractivity contribution in [3.63, 3.8) is 0 Å². The number of benzene rings is 2. The van der Waals surface area contributed by atoms with Crippen LogP contribution in [0.2, 0.25) is 0 Å². The molecule has 0 aliphatic heterocycles. The van der Waals surface area contributed by atoms with Gasteiger partial charge in [0.25, 0.3) is 0 Å². The number of nitrogens with two attached hydrogens (primary N) is 1. The highest BCUT2D eigenvalue weighted by molar-refractivity contribution is 5.60. The molecule has 3 rings (SSSR count). The lowest BCUT2D eigenvalue weighted by atomic mass is 10.1. The lowest BCUT2D eigenvalue weighted by molar-refractivity contribution is 1.06. The minimum absolute atomic E-state index is 0.534. The predicted molar refractivity (Wildman–Crippen MR) is 78.6 cm³/mol. The van der Waals surface area contributed by atoms with Gasteiger partial charge in [-0.2, -0.15) is 0 Å². The normalized spacial score (nSPS) is 10.4. The third kappa shape index (κ3) is 2.55. The van der Waals surface area contributed by atoms with Gasteiger partial charge in [0.1, 0.15) is 6.33 Å². The summed E-state index contributed by atoms with van der Waals surface area (Å²) in [6.45, 7) is 0.534. The Hall–Kier alpha value is -2.59. The Kier molecular flexibility index (Phi) is 3.48. The second-order valence-corrected chi connectivity index (χ2v) is 4.40. The molecule has 0 unspecified atom stereocenters. The van der Waals surface area contributed by atoms with Gasteiger partial charge in [0.2, 0.25) is 0 Å². The van der Waals surface area contributed by atoms with Crippen molar-refractivity contribution < 1.29 is 0 Å². The average molecular weight is 262 g/mol. The molecule has 0 saturated carbocycles. The summed E-state index contributed by atoms with van der Waals surface area (Å²) in [6, 6.07) is 17.8. The summed E-state index contributed by atoms with van der Waals surface area (Å²) in [7, 11) is 0. The molecule has 0 saturated heterocycles. The van der Waals surface area contributed by atoms with Crippen LogP contribution < -0.4 is 5.73 Å². The number of nitrogens with zero attached hydrogens (tertiary/aromatic N) is 3. The highest BCUT2D eigenvalue weighted by Gasteiger charge is 2.05. The van der Waals surface area contributed by atoms with E-state index in [0.29, 0.717) is 18.2 Å². The first kappa shape index (κ1) is 12.4. The largest absolute Gasteiger partial charge is 0.326 e. The molecular formula is C16H14N4. The van der Waals surface area contributed by atoms with Gasteiger partial charge < -0.3 is 5.73 Å². The molecular weight excluding hydrogens is 248 g/mol. The Balaban J connectivity index is 1.98. The first-order chi connectivity index (χ1) is 9.86. The molecule has 0 aliphatic carbocycles. The molecule has 0 spiro atoms. The van der Waals surface area contributed by atoms with E-state index in [2.05, 4.69) is 15.0 Å². The minimum Gasteiger partial charge on any atom is -0.326 e. The number of hydrogen-bond donors (Lipinski definition) is 1. The van der Waals surface area contributed by atoms with Crippen molar-refractivity contribution in [2.24, 2.45) is 5.73 Å². The maximum Gasteiger partial charge on any atom is 0.163 e. The fourth-order valence-corrected chi connectivity index (χ4v) is 1.95. The minimum atomic E-state index is 0.534. The molecule has 4 heteroatoms. The third-order valence-corrected chi connectivity index (χ3v) is 3.05. The van der Waals surface area contributed by atoms with Gasteiger partial charge in [-0.25, -0.2) is 15.0 Å². The molecule has 0 aliphatic rings. The fraction of sp³-hybridized carbons (Fsp3) is 0.0625. The van der Waals surface area contributed by atoms with Crippen molar-refractivity contribution in [1.29, 1.82) is 0 Å². The third-order valence-electron chi connectivity index (χ3n) is 3.05. The van der Waals surface area contributed by atoms with E-state index in [1.165, 1.54) is 0 Å². The van der Waals surface area contributed by atoms with E-state index in [1.807, 2.05) is 54.6 Å². The zero-order chi connectivity index (χ0) is 13.8. The van der Waals surface area contributed by atoms with E-state index in [9.17, 15) is 0 Å². The van der Waals surface area contributed by atoms with Crippen LogP contribution >= 0.6 is 0 Å². The molecule has 0 atom stereocenters. The van der Waals surface area contributed by atoms with Gasteiger partial charge >= 0.3 is 0 Å². The van der Waals surface area contributed by atoms with E-state index in [-0.39, 0.29) is 0 Å². The highest BCUT2D eigenvalue weighted by Crippen LogP contribution is 2.19. The predicted octanol–water partition coefficient (Wildman–Crippen LogP) is 2.66. The summed E-state index contributed by atoms with van der Waals surface area (Å²) in [4.78, 5) is 13.0. The number of aromatic nitrogens is 3. The van der Waals surface area contributed by atoms with Crippen LogP contribution in [-0.2, 0) is 6.54 Å². The maximum absolute atomic E-state index is 5.60. The summed E-state index contributed by atoms with van der Waals surface area (Å²) >= 11 is 0. The SMILES string of the molecule is NCc1ccc(-c2ncnc(-c3ccccc3)n2)cc1. The average Bonchev–Trinajstić information content (AvgIpc) is 2.56. The fourth-order valence-electron chi connectivity index (χ4n) is 1.95. The summed E-state index contributed by atoms with van der Waals surface area (Å²) in [5.74, 6) is 1.35. The topological polar surface area (TPSA) is 64.7 Å².